The molecule has 1 unspecified atom stereocenters. The van der Waals surface area contributed by atoms with E-state index in [-0.39, 0.29) is 5.75 Å². The van der Waals surface area contributed by atoms with Gasteiger partial charge in [0, 0.05) is 26.2 Å². The summed E-state index contributed by atoms with van der Waals surface area (Å²) in [7, 11) is -3.04. The molecule has 0 aliphatic carbocycles. The van der Waals surface area contributed by atoms with Crippen LogP contribution >= 0.6 is 0 Å². The van der Waals surface area contributed by atoms with Gasteiger partial charge in [0.1, 0.15) is 0 Å². The molecule has 0 aromatic heterocycles. The number of nitrogens with zero attached hydrogens (tertiary/aromatic N) is 2. The molecule has 0 radical (unpaired) electrons. The van der Waals surface area contributed by atoms with Crippen molar-refractivity contribution in [3.63, 3.8) is 0 Å². The van der Waals surface area contributed by atoms with Gasteiger partial charge < -0.3 is 10.2 Å². The Morgan fingerprint density at radius 3 is 2.60 bits per heavy atom. The molecule has 6 heteroatoms. The zero-order chi connectivity index (χ0) is 18.5. The number of rotatable bonds is 5. The van der Waals surface area contributed by atoms with Crippen molar-refractivity contribution in [3.8, 4) is 0 Å². The fourth-order valence-electron chi connectivity index (χ4n) is 3.06. The number of aliphatic imine (C=N–C) groups is 1. The molecular weight excluding hydrogens is 334 g/mol. The fourth-order valence-corrected chi connectivity index (χ4v) is 4.43. The number of guanidine groups is 1. The van der Waals surface area contributed by atoms with Gasteiger partial charge >= 0.3 is 0 Å². The molecule has 0 amide bonds. The topological polar surface area (TPSA) is 61.8 Å². The highest BCUT2D eigenvalue weighted by Gasteiger charge is 2.40. The van der Waals surface area contributed by atoms with Crippen LogP contribution in [0.5, 0.6) is 0 Å². The van der Waals surface area contributed by atoms with Gasteiger partial charge in [-0.2, -0.15) is 0 Å². The molecule has 1 aromatic carbocycles. The Labute approximate surface area is 152 Å². The maximum absolute atomic E-state index is 12.2. The summed E-state index contributed by atoms with van der Waals surface area (Å²) in [5.41, 5.74) is 1.33. The lowest BCUT2D eigenvalue weighted by atomic mass is 9.98. The SMILES string of the molecule is CCNC(=NCCC(C)c1ccccc1)N1CCS(=O)(=O)C(C)(C)C1. The quantitative estimate of drug-likeness (QED) is 0.644. The third-order valence-corrected chi connectivity index (χ3v) is 7.40. The van der Waals surface area contributed by atoms with Crippen LogP contribution in [0.15, 0.2) is 35.3 Å². The largest absolute Gasteiger partial charge is 0.357 e. The van der Waals surface area contributed by atoms with Crippen molar-refractivity contribution < 1.29 is 8.42 Å². The minimum atomic E-state index is -3.04. The van der Waals surface area contributed by atoms with E-state index in [0.717, 1.165) is 25.5 Å². The third-order valence-electron chi connectivity index (χ3n) is 4.87. The van der Waals surface area contributed by atoms with Crippen LogP contribution in [0.25, 0.3) is 0 Å². The van der Waals surface area contributed by atoms with E-state index in [1.165, 1.54) is 5.56 Å². The van der Waals surface area contributed by atoms with Gasteiger partial charge in [-0.3, -0.25) is 4.99 Å². The predicted molar refractivity (Wildman–Crippen MR) is 105 cm³/mol. The smallest absolute Gasteiger partial charge is 0.193 e. The van der Waals surface area contributed by atoms with Gasteiger partial charge in [-0.25, -0.2) is 8.42 Å². The molecule has 140 valence electrons. The lowest BCUT2D eigenvalue weighted by Crippen LogP contribution is -2.57. The van der Waals surface area contributed by atoms with E-state index < -0.39 is 14.6 Å². The van der Waals surface area contributed by atoms with Crippen molar-refractivity contribution in [1.82, 2.24) is 10.2 Å². The number of benzene rings is 1. The summed E-state index contributed by atoms with van der Waals surface area (Å²) in [6.45, 7) is 10.3. The highest BCUT2D eigenvalue weighted by atomic mass is 32.2. The molecule has 2 rings (SSSR count). The van der Waals surface area contributed by atoms with E-state index >= 15 is 0 Å². The normalized spacial score (nSPS) is 21.0. The van der Waals surface area contributed by atoms with Crippen molar-refractivity contribution in [1.29, 1.82) is 0 Å². The molecule has 25 heavy (non-hydrogen) atoms. The van der Waals surface area contributed by atoms with Crippen LogP contribution < -0.4 is 5.32 Å². The van der Waals surface area contributed by atoms with E-state index in [9.17, 15) is 8.42 Å². The summed E-state index contributed by atoms with van der Waals surface area (Å²) >= 11 is 0. The number of hydrogen-bond acceptors (Lipinski definition) is 3. The highest BCUT2D eigenvalue weighted by Crippen LogP contribution is 2.24. The average molecular weight is 366 g/mol. The van der Waals surface area contributed by atoms with Crippen molar-refractivity contribution in [3.05, 3.63) is 35.9 Å². The summed E-state index contributed by atoms with van der Waals surface area (Å²) < 4.78 is 23.7. The van der Waals surface area contributed by atoms with Crippen LogP contribution in [0, 0.1) is 0 Å². The molecule has 1 aliphatic rings. The first-order chi connectivity index (χ1) is 11.8. The lowest BCUT2D eigenvalue weighted by Gasteiger charge is -2.39. The van der Waals surface area contributed by atoms with E-state index in [0.29, 0.717) is 19.0 Å². The first kappa shape index (κ1) is 19.8. The molecule has 1 aromatic rings. The minimum absolute atomic E-state index is 0.185. The molecule has 0 bridgehead atoms. The summed E-state index contributed by atoms with van der Waals surface area (Å²) in [5, 5.41) is 3.31. The van der Waals surface area contributed by atoms with E-state index in [1.54, 1.807) is 13.8 Å². The summed E-state index contributed by atoms with van der Waals surface area (Å²) in [5.74, 6) is 1.46. The molecular formula is C19H31N3O2S. The monoisotopic (exact) mass is 365 g/mol. The van der Waals surface area contributed by atoms with E-state index in [2.05, 4.69) is 41.4 Å². The zero-order valence-corrected chi connectivity index (χ0v) is 16.6. The lowest BCUT2D eigenvalue weighted by molar-refractivity contribution is 0.353. The van der Waals surface area contributed by atoms with Crippen molar-refractivity contribution >= 4 is 15.8 Å². The Morgan fingerprint density at radius 2 is 2.00 bits per heavy atom. The summed E-state index contributed by atoms with van der Waals surface area (Å²) in [6, 6.07) is 10.5. The summed E-state index contributed by atoms with van der Waals surface area (Å²) in [6.07, 6.45) is 0.967. The van der Waals surface area contributed by atoms with E-state index in [4.69, 9.17) is 4.99 Å². The van der Waals surface area contributed by atoms with Gasteiger partial charge in [0.15, 0.2) is 15.8 Å². The molecule has 0 spiro atoms. The van der Waals surface area contributed by atoms with Crippen molar-refractivity contribution in [2.75, 3.05) is 31.9 Å². The first-order valence-electron chi connectivity index (χ1n) is 9.07. The number of hydrogen-bond donors (Lipinski definition) is 1. The molecule has 1 N–H and O–H groups in total. The molecule has 1 aliphatic heterocycles. The third kappa shape index (κ3) is 4.97. The van der Waals surface area contributed by atoms with Crippen molar-refractivity contribution in [2.24, 2.45) is 4.99 Å². The molecule has 0 saturated carbocycles. The van der Waals surface area contributed by atoms with Crippen LogP contribution in [-0.4, -0.2) is 56.0 Å². The molecule has 1 saturated heterocycles. The Hall–Kier alpha value is -1.56. The standard InChI is InChI=1S/C19H31N3O2S/c1-5-20-18(22-13-14-25(23,24)19(3,4)15-22)21-12-11-16(2)17-9-7-6-8-10-17/h6-10,16H,5,11-15H2,1-4H3,(H,20,21). The number of sulfone groups is 1. The van der Waals surface area contributed by atoms with Gasteiger partial charge in [-0.1, -0.05) is 37.3 Å². The van der Waals surface area contributed by atoms with Crippen LogP contribution in [0.1, 0.15) is 45.6 Å². The zero-order valence-electron chi connectivity index (χ0n) is 15.8. The molecule has 1 fully saturated rings. The van der Waals surface area contributed by atoms with E-state index in [1.807, 2.05) is 13.0 Å². The maximum atomic E-state index is 12.2. The maximum Gasteiger partial charge on any atom is 0.193 e. The Bertz CT molecular complexity index is 684. The summed E-state index contributed by atoms with van der Waals surface area (Å²) in [4.78, 5) is 6.83. The second-order valence-electron chi connectivity index (χ2n) is 7.34. The minimum Gasteiger partial charge on any atom is -0.357 e. The van der Waals surface area contributed by atoms with Crippen LogP contribution in [-0.2, 0) is 9.84 Å². The molecule has 1 atom stereocenters. The van der Waals surface area contributed by atoms with Crippen LogP contribution in [0.4, 0.5) is 0 Å². The van der Waals surface area contributed by atoms with Gasteiger partial charge in [0.2, 0.25) is 0 Å². The average Bonchev–Trinajstić information content (AvgIpc) is 2.57. The Kier molecular flexibility index (Phi) is 6.49. The Balaban J connectivity index is 2.01. The van der Waals surface area contributed by atoms with Crippen LogP contribution in [0.3, 0.4) is 0 Å². The number of nitrogens with one attached hydrogen (secondary N) is 1. The van der Waals surface area contributed by atoms with Crippen molar-refractivity contribution in [2.45, 2.75) is 44.8 Å². The second-order valence-corrected chi connectivity index (χ2v) is 10.1. The Morgan fingerprint density at radius 1 is 1.32 bits per heavy atom. The fraction of sp³-hybridized carbons (Fsp3) is 0.632. The van der Waals surface area contributed by atoms with Gasteiger partial charge in [-0.05, 0) is 38.7 Å². The molecule has 5 nitrogen and oxygen atoms in total. The van der Waals surface area contributed by atoms with Gasteiger partial charge in [-0.15, -0.1) is 0 Å². The van der Waals surface area contributed by atoms with Gasteiger partial charge in [0.25, 0.3) is 0 Å². The highest BCUT2D eigenvalue weighted by molar-refractivity contribution is 7.92. The predicted octanol–water partition coefficient (Wildman–Crippen LogP) is 2.65. The van der Waals surface area contributed by atoms with Crippen LogP contribution in [0.2, 0.25) is 0 Å². The van der Waals surface area contributed by atoms with Gasteiger partial charge in [0.05, 0.1) is 10.5 Å². The first-order valence-corrected chi connectivity index (χ1v) is 10.7. The molecule has 1 heterocycles. The second kappa shape index (κ2) is 8.21.